The van der Waals surface area contributed by atoms with Crippen molar-refractivity contribution in [2.45, 2.75) is 76.4 Å². The molecule has 9 nitrogen and oxygen atoms in total. The van der Waals surface area contributed by atoms with Crippen molar-refractivity contribution in [2.75, 3.05) is 18.9 Å². The van der Waals surface area contributed by atoms with Gasteiger partial charge in [-0.2, -0.15) is 9.40 Å². The minimum absolute atomic E-state index is 0.00151. The lowest BCUT2D eigenvalue weighted by Crippen LogP contribution is -2.38. The van der Waals surface area contributed by atoms with E-state index in [1.807, 2.05) is 38.1 Å². The molecule has 11 heteroatoms. The first kappa shape index (κ1) is 31.3. The summed E-state index contributed by atoms with van der Waals surface area (Å²) in [7, 11) is -2.03. The summed E-state index contributed by atoms with van der Waals surface area (Å²) in [6.07, 6.45) is 5.61. The average molecular weight is 646 g/mol. The van der Waals surface area contributed by atoms with Crippen molar-refractivity contribution in [2.24, 2.45) is 0 Å². The van der Waals surface area contributed by atoms with Crippen LogP contribution in [0.1, 0.15) is 80.2 Å². The molecule has 3 heterocycles. The molecule has 2 aromatic carbocycles. The van der Waals surface area contributed by atoms with Crippen LogP contribution in [0.25, 0.3) is 0 Å². The van der Waals surface area contributed by atoms with Crippen LogP contribution in [-0.2, 0) is 29.5 Å². The fourth-order valence-corrected chi connectivity index (χ4v) is 9.14. The van der Waals surface area contributed by atoms with E-state index in [4.69, 9.17) is 0 Å². The molecule has 0 bridgehead atoms. The number of benzene rings is 2. The second-order valence-electron chi connectivity index (χ2n) is 12.1. The monoisotopic (exact) mass is 645 g/mol. The van der Waals surface area contributed by atoms with Crippen molar-refractivity contribution in [1.82, 2.24) is 19.0 Å². The minimum atomic E-state index is -3.68. The third-order valence-corrected chi connectivity index (χ3v) is 12.0. The number of thiophene rings is 1. The Balaban J connectivity index is 1.26. The Morgan fingerprint density at radius 3 is 2.40 bits per heavy atom. The summed E-state index contributed by atoms with van der Waals surface area (Å²) in [6, 6.07) is 18.2. The van der Waals surface area contributed by atoms with E-state index in [2.05, 4.69) is 27.4 Å². The van der Waals surface area contributed by atoms with Crippen LogP contribution in [0, 0.1) is 13.8 Å². The van der Waals surface area contributed by atoms with Gasteiger partial charge in [-0.25, -0.2) is 13.1 Å². The van der Waals surface area contributed by atoms with Crippen LogP contribution < -0.4 is 5.32 Å². The van der Waals surface area contributed by atoms with Crippen LogP contribution >= 0.6 is 11.3 Å². The normalized spacial score (nSPS) is 16.1. The van der Waals surface area contributed by atoms with Gasteiger partial charge in [0, 0.05) is 48.9 Å². The van der Waals surface area contributed by atoms with E-state index in [9.17, 15) is 18.0 Å². The minimum Gasteiger partial charge on any atom is -0.313 e. The molecular formula is C34H39N5O4S2. The van der Waals surface area contributed by atoms with E-state index in [0.29, 0.717) is 29.1 Å². The number of nitrogens with zero attached hydrogens (tertiary/aromatic N) is 4. The number of carbonyl (C=O) groups excluding carboxylic acids is 2. The molecule has 4 aromatic rings. The van der Waals surface area contributed by atoms with E-state index >= 15 is 0 Å². The van der Waals surface area contributed by atoms with E-state index in [0.717, 1.165) is 67.0 Å². The molecule has 0 radical (unpaired) electrons. The Kier molecular flexibility index (Phi) is 9.05. The second kappa shape index (κ2) is 13.0. The first-order chi connectivity index (χ1) is 21.6. The van der Waals surface area contributed by atoms with Gasteiger partial charge in [0.1, 0.15) is 5.00 Å². The molecule has 1 amide bonds. The Labute approximate surface area is 268 Å². The molecule has 2 aromatic heterocycles. The number of amides is 1. The van der Waals surface area contributed by atoms with Gasteiger partial charge < -0.3 is 5.32 Å². The average Bonchev–Trinajstić information content (AvgIpc) is 3.58. The van der Waals surface area contributed by atoms with E-state index < -0.39 is 15.9 Å². The Morgan fingerprint density at radius 2 is 1.73 bits per heavy atom. The highest BCUT2D eigenvalue weighted by molar-refractivity contribution is 7.89. The molecule has 1 aliphatic carbocycles. The summed E-state index contributed by atoms with van der Waals surface area (Å²) in [5.41, 5.74) is 4.43. The first-order valence-electron chi connectivity index (χ1n) is 15.5. The van der Waals surface area contributed by atoms with Gasteiger partial charge in [-0.05, 0) is 74.6 Å². The van der Waals surface area contributed by atoms with Crippen LogP contribution in [0.3, 0.4) is 0 Å². The third kappa shape index (κ3) is 6.53. The number of hydrogen-bond donors (Lipinski definition) is 1. The zero-order chi connectivity index (χ0) is 31.7. The summed E-state index contributed by atoms with van der Waals surface area (Å²) < 4.78 is 29.5. The van der Waals surface area contributed by atoms with Gasteiger partial charge in [0.15, 0.2) is 0 Å². The molecule has 0 spiro atoms. The van der Waals surface area contributed by atoms with Crippen LogP contribution in [0.4, 0.5) is 5.00 Å². The SMILES string of the molecule is Cc1cc(C)n(C(=O)c2c(NC(=O)c3ccc(S(=O)(=O)N(C)C4CCCCC4)cc3)sc3c2CCN(Cc2ccccc2)C3)n1. The predicted molar refractivity (Wildman–Crippen MR) is 176 cm³/mol. The molecule has 6 rings (SSSR count). The highest BCUT2D eigenvalue weighted by atomic mass is 32.2. The van der Waals surface area contributed by atoms with Crippen molar-refractivity contribution in [1.29, 1.82) is 0 Å². The lowest BCUT2D eigenvalue weighted by Gasteiger charge is -2.30. The lowest BCUT2D eigenvalue weighted by molar-refractivity contribution is 0.0942. The van der Waals surface area contributed by atoms with Gasteiger partial charge in [-0.1, -0.05) is 49.6 Å². The fraction of sp³-hybridized carbons (Fsp3) is 0.382. The van der Waals surface area contributed by atoms with E-state index in [1.54, 1.807) is 7.05 Å². The maximum absolute atomic E-state index is 13.9. The maximum atomic E-state index is 13.9. The van der Waals surface area contributed by atoms with Crippen molar-refractivity contribution in [3.8, 4) is 0 Å². The lowest BCUT2D eigenvalue weighted by atomic mass is 9.96. The quantitative estimate of drug-likeness (QED) is 0.252. The van der Waals surface area contributed by atoms with Crippen molar-refractivity contribution in [3.63, 3.8) is 0 Å². The Hall–Kier alpha value is -3.64. The van der Waals surface area contributed by atoms with Crippen molar-refractivity contribution >= 4 is 38.2 Å². The molecule has 1 fully saturated rings. The number of sulfonamides is 1. The van der Waals surface area contributed by atoms with E-state index in [-0.39, 0.29) is 16.8 Å². The number of aromatic nitrogens is 2. The van der Waals surface area contributed by atoms with E-state index in [1.165, 1.54) is 50.2 Å². The Bertz CT molecular complexity index is 1810. The van der Waals surface area contributed by atoms with Gasteiger partial charge in [0.2, 0.25) is 10.0 Å². The molecule has 0 atom stereocenters. The smallest absolute Gasteiger partial charge is 0.281 e. The number of aryl methyl sites for hydroxylation is 2. The highest BCUT2D eigenvalue weighted by Crippen LogP contribution is 2.38. The van der Waals surface area contributed by atoms with Gasteiger partial charge >= 0.3 is 0 Å². The molecule has 0 unspecified atom stereocenters. The topological polar surface area (TPSA) is 105 Å². The van der Waals surface area contributed by atoms with Crippen LogP contribution in [0.2, 0.25) is 0 Å². The van der Waals surface area contributed by atoms with Crippen LogP contribution in [0.5, 0.6) is 0 Å². The van der Waals surface area contributed by atoms with Crippen LogP contribution in [-0.4, -0.2) is 58.9 Å². The largest absolute Gasteiger partial charge is 0.313 e. The van der Waals surface area contributed by atoms with Gasteiger partial charge in [0.05, 0.1) is 16.2 Å². The molecular weight excluding hydrogens is 607 g/mol. The van der Waals surface area contributed by atoms with Crippen molar-refractivity contribution in [3.05, 3.63) is 99.2 Å². The number of carbonyl (C=O) groups is 2. The first-order valence-corrected chi connectivity index (χ1v) is 17.8. The second-order valence-corrected chi connectivity index (χ2v) is 15.2. The number of nitrogens with one attached hydrogen (secondary N) is 1. The number of hydrogen-bond acceptors (Lipinski definition) is 7. The zero-order valence-corrected chi connectivity index (χ0v) is 27.6. The van der Waals surface area contributed by atoms with Gasteiger partial charge in [0.25, 0.3) is 11.8 Å². The molecule has 45 heavy (non-hydrogen) atoms. The number of anilines is 1. The molecule has 1 N–H and O–H groups in total. The van der Waals surface area contributed by atoms with Crippen molar-refractivity contribution < 1.29 is 18.0 Å². The number of rotatable bonds is 8. The summed E-state index contributed by atoms with van der Waals surface area (Å²) in [6.45, 7) is 5.95. The molecule has 2 aliphatic rings. The molecule has 1 aliphatic heterocycles. The predicted octanol–water partition coefficient (Wildman–Crippen LogP) is 6.01. The molecule has 0 saturated heterocycles. The van der Waals surface area contributed by atoms with Crippen LogP contribution in [0.15, 0.2) is 65.6 Å². The summed E-state index contributed by atoms with van der Waals surface area (Å²) >= 11 is 1.42. The number of fused-ring (bicyclic) bond motifs is 1. The third-order valence-electron chi connectivity index (χ3n) is 8.91. The zero-order valence-electron chi connectivity index (χ0n) is 26.0. The standard InChI is InChI=1S/C34H39N5O4S2/c1-23-20-24(2)39(36-23)34(41)31-29-18-19-38(21-25-10-6-4-7-11-25)22-30(29)44-33(31)35-32(40)26-14-16-28(17-15-26)45(42,43)37(3)27-12-8-5-9-13-27/h4,6-7,10-11,14-17,20,27H,5,8-9,12-13,18-19,21-22H2,1-3H3,(H,35,40). The van der Waals surface area contributed by atoms with Gasteiger partial charge in [-0.15, -0.1) is 11.3 Å². The summed E-state index contributed by atoms with van der Waals surface area (Å²) in [5.74, 6) is -0.668. The summed E-state index contributed by atoms with van der Waals surface area (Å²) in [4.78, 5) is 31.1. The highest BCUT2D eigenvalue weighted by Gasteiger charge is 2.32. The molecule has 236 valence electrons. The summed E-state index contributed by atoms with van der Waals surface area (Å²) in [5, 5.41) is 7.91. The van der Waals surface area contributed by atoms with Gasteiger partial charge in [-0.3, -0.25) is 14.5 Å². The Morgan fingerprint density at radius 1 is 1.02 bits per heavy atom. The molecule has 1 saturated carbocycles. The fourth-order valence-electron chi connectivity index (χ4n) is 6.45. The maximum Gasteiger partial charge on any atom is 0.281 e.